The quantitative estimate of drug-likeness (QED) is 0.487. The van der Waals surface area contributed by atoms with Gasteiger partial charge in [-0.15, -0.1) is 0 Å². The molecule has 0 aromatic heterocycles. The number of hydrogen-bond acceptors (Lipinski definition) is 3. The van der Waals surface area contributed by atoms with E-state index in [0.717, 1.165) is 33.0 Å². The van der Waals surface area contributed by atoms with E-state index in [4.69, 9.17) is 16.5 Å². The lowest BCUT2D eigenvalue weighted by Gasteiger charge is -2.17. The van der Waals surface area contributed by atoms with Crippen LogP contribution in [-0.4, -0.2) is 42.4 Å². The molecule has 0 aromatic carbocycles. The second kappa shape index (κ2) is 3.39. The summed E-state index contributed by atoms with van der Waals surface area (Å²) in [5.41, 5.74) is 3.11. The van der Waals surface area contributed by atoms with Gasteiger partial charge < -0.3 is 4.74 Å². The Kier molecular flexibility index (Phi) is 2.46. The Labute approximate surface area is 72.0 Å². The third-order valence-electron chi connectivity index (χ3n) is 1.74. The van der Waals surface area contributed by atoms with Crippen molar-refractivity contribution in [3.05, 3.63) is 0 Å². The van der Waals surface area contributed by atoms with Crippen molar-refractivity contribution in [2.45, 2.75) is 0 Å². The molecule has 0 aliphatic carbocycles. The minimum atomic E-state index is -0.488. The van der Waals surface area contributed by atoms with E-state index in [9.17, 15) is 0 Å². The molecule has 11 heavy (non-hydrogen) atoms. The van der Waals surface area contributed by atoms with Crippen LogP contribution in [0.25, 0.3) is 0 Å². The normalized spacial score (nSPS) is 33.5. The fraction of sp³-hybridized carbons (Fsp3) is 1.00. The van der Waals surface area contributed by atoms with Gasteiger partial charge in [0.25, 0.3) is 0 Å². The Morgan fingerprint density at radius 1 is 1.36 bits per heavy atom. The highest BCUT2D eigenvalue weighted by Crippen LogP contribution is 2.34. The maximum Gasteiger partial charge on any atom is 0.383 e. The lowest BCUT2D eigenvalue weighted by Crippen LogP contribution is -2.32. The van der Waals surface area contributed by atoms with Gasteiger partial charge in [-0.05, 0) is 4.78 Å². The van der Waals surface area contributed by atoms with E-state index in [1.165, 1.54) is 0 Å². The van der Waals surface area contributed by atoms with E-state index in [1.807, 2.05) is 0 Å². The SMILES string of the molecule is S=[P+](N1CCOCC1)N1CN1. The van der Waals surface area contributed by atoms with Crippen molar-refractivity contribution in [1.29, 1.82) is 0 Å². The van der Waals surface area contributed by atoms with E-state index in [0.29, 0.717) is 0 Å². The monoisotopic (exact) mass is 192 g/mol. The standard InChI is InChI=1S/C5H11N3OPS/c11-10(8-5-6-8)7-1-3-9-4-2-7/h6H,1-5H2/q+1. The number of ether oxygens (including phenoxy) is 1. The molecule has 6 heteroatoms. The number of hydrogen-bond donors (Lipinski definition) is 1. The van der Waals surface area contributed by atoms with Gasteiger partial charge in [0.1, 0.15) is 6.67 Å². The molecule has 2 aliphatic heterocycles. The van der Waals surface area contributed by atoms with Gasteiger partial charge in [0.2, 0.25) is 11.8 Å². The molecular formula is C5H11N3OPS+. The van der Waals surface area contributed by atoms with Crippen LogP contribution >= 0.6 is 7.00 Å². The lowest BCUT2D eigenvalue weighted by molar-refractivity contribution is 0.0747. The van der Waals surface area contributed by atoms with Gasteiger partial charge in [-0.25, -0.2) is 0 Å². The van der Waals surface area contributed by atoms with Crippen LogP contribution in [0.3, 0.4) is 0 Å². The van der Waals surface area contributed by atoms with Crippen molar-refractivity contribution in [3.8, 4) is 0 Å². The lowest BCUT2D eigenvalue weighted by atomic mass is 10.5. The molecule has 2 rings (SSSR count). The zero-order chi connectivity index (χ0) is 7.68. The van der Waals surface area contributed by atoms with Crippen molar-refractivity contribution in [3.63, 3.8) is 0 Å². The van der Waals surface area contributed by atoms with Crippen LogP contribution in [0, 0.1) is 0 Å². The maximum absolute atomic E-state index is 5.34. The fourth-order valence-corrected chi connectivity index (χ4v) is 2.98. The van der Waals surface area contributed by atoms with Crippen LogP contribution in [0.5, 0.6) is 0 Å². The first-order valence-electron chi connectivity index (χ1n) is 3.69. The average Bonchev–Trinajstić information content (AvgIpc) is 2.87. The van der Waals surface area contributed by atoms with Crippen molar-refractivity contribution < 1.29 is 4.74 Å². The first kappa shape index (κ1) is 7.98. The number of nitrogens with one attached hydrogen (secondary N) is 1. The molecule has 2 saturated heterocycles. The Morgan fingerprint density at radius 3 is 2.55 bits per heavy atom. The van der Waals surface area contributed by atoms with Crippen molar-refractivity contribution >= 4 is 18.8 Å². The third-order valence-corrected chi connectivity index (χ3v) is 4.60. The summed E-state index contributed by atoms with van der Waals surface area (Å²) in [6, 6.07) is 0. The van der Waals surface area contributed by atoms with Gasteiger partial charge in [0, 0.05) is 0 Å². The summed E-state index contributed by atoms with van der Waals surface area (Å²) in [7, 11) is 0. The van der Waals surface area contributed by atoms with Gasteiger partial charge in [-0.3, -0.25) is 0 Å². The predicted octanol–water partition coefficient (Wildman–Crippen LogP) is -0.130. The minimum absolute atomic E-state index is 0.488. The Bertz CT molecular complexity index is 169. The summed E-state index contributed by atoms with van der Waals surface area (Å²) < 4.78 is 9.65. The second-order valence-electron chi connectivity index (χ2n) is 2.53. The highest BCUT2D eigenvalue weighted by atomic mass is 32.4. The molecule has 0 amide bonds. The molecule has 0 aromatic rings. The molecule has 2 unspecified atom stereocenters. The molecule has 0 bridgehead atoms. The zero-order valence-electron chi connectivity index (χ0n) is 6.19. The second-order valence-corrected chi connectivity index (χ2v) is 5.07. The van der Waals surface area contributed by atoms with E-state index < -0.39 is 7.00 Å². The summed E-state index contributed by atoms with van der Waals surface area (Å²) in [4.78, 5) is 0. The maximum atomic E-state index is 5.34. The van der Waals surface area contributed by atoms with Crippen LogP contribution in [0.15, 0.2) is 0 Å². The van der Waals surface area contributed by atoms with Gasteiger partial charge in [0.05, 0.1) is 26.3 Å². The van der Waals surface area contributed by atoms with Crippen LogP contribution in [0.2, 0.25) is 0 Å². The highest BCUT2D eigenvalue weighted by molar-refractivity contribution is 8.03. The van der Waals surface area contributed by atoms with E-state index in [-0.39, 0.29) is 0 Å². The first-order valence-corrected chi connectivity index (χ1v) is 5.95. The van der Waals surface area contributed by atoms with E-state index in [2.05, 4.69) is 14.9 Å². The van der Waals surface area contributed by atoms with Crippen LogP contribution in [0.4, 0.5) is 0 Å². The number of nitrogens with zero attached hydrogens (tertiary/aromatic N) is 2. The van der Waals surface area contributed by atoms with Crippen molar-refractivity contribution in [2.75, 3.05) is 33.0 Å². The summed E-state index contributed by atoms with van der Waals surface area (Å²) in [6.45, 7) is 4.14. The molecule has 0 saturated carbocycles. The zero-order valence-corrected chi connectivity index (χ0v) is 7.90. The summed E-state index contributed by atoms with van der Waals surface area (Å²) in [5, 5.41) is 0. The van der Waals surface area contributed by atoms with Gasteiger partial charge >= 0.3 is 7.00 Å². The molecule has 2 aliphatic rings. The molecule has 2 fully saturated rings. The molecule has 62 valence electrons. The first-order chi connectivity index (χ1) is 5.38. The third kappa shape index (κ3) is 1.93. The number of rotatable bonds is 2. The Morgan fingerprint density at radius 2 is 2.00 bits per heavy atom. The van der Waals surface area contributed by atoms with Gasteiger partial charge in [0.15, 0.2) is 0 Å². The summed E-state index contributed by atoms with van der Waals surface area (Å²) in [5.74, 6) is 0. The van der Waals surface area contributed by atoms with Gasteiger partial charge in [-0.2, -0.15) is 5.43 Å². The van der Waals surface area contributed by atoms with Gasteiger partial charge in [-0.1, -0.05) is 4.67 Å². The minimum Gasteiger partial charge on any atom is -0.378 e. The molecule has 1 N–H and O–H groups in total. The van der Waals surface area contributed by atoms with Crippen LogP contribution in [-0.2, 0) is 16.5 Å². The largest absolute Gasteiger partial charge is 0.383 e. The molecule has 2 heterocycles. The number of morpholine rings is 1. The average molecular weight is 192 g/mol. The van der Waals surface area contributed by atoms with Crippen molar-refractivity contribution in [2.24, 2.45) is 0 Å². The van der Waals surface area contributed by atoms with Crippen LogP contribution in [0.1, 0.15) is 0 Å². The van der Waals surface area contributed by atoms with Crippen molar-refractivity contribution in [1.82, 2.24) is 14.9 Å². The summed E-state index contributed by atoms with van der Waals surface area (Å²) >= 11 is 5.34. The molecule has 2 atom stereocenters. The van der Waals surface area contributed by atoms with E-state index in [1.54, 1.807) is 0 Å². The molecule has 4 nitrogen and oxygen atoms in total. The smallest absolute Gasteiger partial charge is 0.378 e. The fourth-order valence-electron chi connectivity index (χ4n) is 1.03. The number of hydrazine groups is 1. The predicted molar refractivity (Wildman–Crippen MR) is 46.5 cm³/mol. The molecule has 0 radical (unpaired) electrons. The topological polar surface area (TPSA) is 37.4 Å². The van der Waals surface area contributed by atoms with E-state index >= 15 is 0 Å². The summed E-state index contributed by atoms with van der Waals surface area (Å²) in [6.07, 6.45) is 0. The molecular weight excluding hydrogens is 181 g/mol. The van der Waals surface area contributed by atoms with Crippen LogP contribution < -0.4 is 5.43 Å². The molecule has 0 spiro atoms. The Hall–Kier alpha value is 0.360. The Balaban J connectivity index is 1.86. The highest BCUT2D eigenvalue weighted by Gasteiger charge is 2.39.